The van der Waals surface area contributed by atoms with Crippen molar-refractivity contribution in [2.45, 2.75) is 37.6 Å². The molecule has 2 aromatic rings. The number of benzene rings is 1. The third-order valence-corrected chi connectivity index (χ3v) is 5.01. The predicted molar refractivity (Wildman–Crippen MR) is 81.3 cm³/mol. The first-order valence-electron chi connectivity index (χ1n) is 6.27. The molecule has 20 heavy (non-hydrogen) atoms. The van der Waals surface area contributed by atoms with Crippen LogP contribution in [-0.4, -0.2) is 13.4 Å². The van der Waals surface area contributed by atoms with Gasteiger partial charge in [-0.3, -0.25) is 0 Å². The van der Waals surface area contributed by atoms with E-state index in [1.54, 1.807) is 17.6 Å². The third-order valence-electron chi connectivity index (χ3n) is 2.91. The van der Waals surface area contributed by atoms with Crippen molar-refractivity contribution in [2.75, 3.05) is 0 Å². The number of hydrogen-bond acceptors (Lipinski definition) is 4. The van der Waals surface area contributed by atoms with Gasteiger partial charge in [-0.1, -0.05) is 39.0 Å². The molecule has 0 aliphatic heterocycles. The van der Waals surface area contributed by atoms with E-state index in [4.69, 9.17) is 0 Å². The topological polar surface area (TPSA) is 59.1 Å². The summed E-state index contributed by atoms with van der Waals surface area (Å²) in [5.41, 5.74) is 3.00. The molecule has 108 valence electrons. The monoisotopic (exact) mass is 310 g/mol. The van der Waals surface area contributed by atoms with Gasteiger partial charge in [0, 0.05) is 5.38 Å². The summed E-state index contributed by atoms with van der Waals surface area (Å²) in [5, 5.41) is 1.83. The molecule has 0 fully saturated rings. The van der Waals surface area contributed by atoms with Gasteiger partial charge in [0.25, 0.3) is 0 Å². The molecule has 1 aromatic carbocycles. The van der Waals surface area contributed by atoms with Crippen molar-refractivity contribution < 1.29 is 8.42 Å². The van der Waals surface area contributed by atoms with Crippen LogP contribution < -0.4 is 4.72 Å². The molecule has 0 saturated heterocycles. The van der Waals surface area contributed by atoms with E-state index in [2.05, 4.69) is 9.71 Å². The summed E-state index contributed by atoms with van der Waals surface area (Å²) in [5.74, 6) is 0. The second-order valence-corrected chi connectivity index (χ2v) is 8.00. The fourth-order valence-corrected chi connectivity index (χ4v) is 3.87. The Kier molecular flexibility index (Phi) is 4.27. The summed E-state index contributed by atoms with van der Waals surface area (Å²) >= 11 is 1.45. The lowest BCUT2D eigenvalue weighted by molar-refractivity contribution is 0.554. The fraction of sp³-hybridized carbons (Fsp3) is 0.357. The maximum Gasteiger partial charge on any atom is 0.241 e. The first kappa shape index (κ1) is 15.2. The second kappa shape index (κ2) is 5.63. The summed E-state index contributed by atoms with van der Waals surface area (Å²) < 4.78 is 27.5. The Balaban J connectivity index is 2.30. The van der Waals surface area contributed by atoms with E-state index < -0.39 is 10.0 Å². The van der Waals surface area contributed by atoms with Crippen LogP contribution in [0.4, 0.5) is 0 Å². The molecule has 2 rings (SSSR count). The van der Waals surface area contributed by atoms with E-state index in [1.165, 1.54) is 11.3 Å². The molecule has 0 amide bonds. The number of aromatic nitrogens is 1. The molecule has 6 heteroatoms. The minimum absolute atomic E-state index is 0.213. The molecule has 0 aliphatic carbocycles. The largest absolute Gasteiger partial charge is 0.248 e. The third kappa shape index (κ3) is 3.45. The molecule has 0 bridgehead atoms. The summed E-state index contributed by atoms with van der Waals surface area (Å²) in [6.45, 7) is 6.22. The maximum atomic E-state index is 12.5. The first-order chi connectivity index (χ1) is 9.31. The number of hydrogen-bond donors (Lipinski definition) is 1. The van der Waals surface area contributed by atoms with E-state index in [-0.39, 0.29) is 12.0 Å². The average Bonchev–Trinajstić information content (AvgIpc) is 2.89. The van der Waals surface area contributed by atoms with Crippen molar-refractivity contribution in [3.63, 3.8) is 0 Å². The Labute approximate surface area is 123 Å². The smallest absolute Gasteiger partial charge is 0.241 e. The van der Waals surface area contributed by atoms with Gasteiger partial charge < -0.3 is 0 Å². The highest BCUT2D eigenvalue weighted by Crippen LogP contribution is 2.28. The van der Waals surface area contributed by atoms with Gasteiger partial charge >= 0.3 is 0 Å². The number of nitrogens with zero attached hydrogens (tertiary/aromatic N) is 1. The molecule has 0 unspecified atom stereocenters. The second-order valence-electron chi connectivity index (χ2n) is 5.55. The van der Waals surface area contributed by atoms with E-state index in [0.717, 1.165) is 11.3 Å². The maximum absolute atomic E-state index is 12.5. The highest BCUT2D eigenvalue weighted by molar-refractivity contribution is 7.89. The van der Waals surface area contributed by atoms with Gasteiger partial charge in [-0.15, -0.1) is 11.3 Å². The molecule has 4 nitrogen and oxygen atoms in total. The van der Waals surface area contributed by atoms with Crippen molar-refractivity contribution in [1.82, 2.24) is 9.71 Å². The van der Waals surface area contributed by atoms with Crippen LogP contribution in [0.15, 0.2) is 40.1 Å². The van der Waals surface area contributed by atoms with Crippen LogP contribution in [-0.2, 0) is 22.0 Å². The lowest BCUT2D eigenvalue weighted by atomic mass is 9.87. The summed E-state index contributed by atoms with van der Waals surface area (Å²) in [6.07, 6.45) is 0. The number of rotatable bonds is 4. The van der Waals surface area contributed by atoms with E-state index in [0.29, 0.717) is 4.90 Å². The zero-order valence-corrected chi connectivity index (χ0v) is 13.4. The van der Waals surface area contributed by atoms with E-state index in [1.807, 2.05) is 38.3 Å². The SMILES string of the molecule is CC(C)(C)c1ccccc1S(=O)(=O)NCc1cscn1. The lowest BCUT2D eigenvalue weighted by Gasteiger charge is -2.22. The molecule has 1 N–H and O–H groups in total. The van der Waals surface area contributed by atoms with Crippen molar-refractivity contribution >= 4 is 21.4 Å². The fourth-order valence-electron chi connectivity index (χ4n) is 1.89. The van der Waals surface area contributed by atoms with Crippen molar-refractivity contribution in [3.8, 4) is 0 Å². The zero-order chi connectivity index (χ0) is 14.8. The minimum atomic E-state index is -3.54. The molecule has 1 heterocycles. The van der Waals surface area contributed by atoms with Gasteiger partial charge in [0.1, 0.15) is 0 Å². The van der Waals surface area contributed by atoms with Crippen LogP contribution >= 0.6 is 11.3 Å². The predicted octanol–water partition coefficient (Wildman–Crippen LogP) is 2.92. The molecule has 0 atom stereocenters. The van der Waals surface area contributed by atoms with Crippen LogP contribution in [0.2, 0.25) is 0 Å². The Hall–Kier alpha value is -1.24. The van der Waals surface area contributed by atoms with Gasteiger partial charge in [0.2, 0.25) is 10.0 Å². The van der Waals surface area contributed by atoms with E-state index in [9.17, 15) is 8.42 Å². The van der Waals surface area contributed by atoms with Crippen molar-refractivity contribution in [1.29, 1.82) is 0 Å². The molecule has 0 saturated carbocycles. The minimum Gasteiger partial charge on any atom is -0.248 e. The lowest BCUT2D eigenvalue weighted by Crippen LogP contribution is -2.27. The molecule has 0 radical (unpaired) electrons. The first-order valence-corrected chi connectivity index (χ1v) is 8.69. The van der Waals surface area contributed by atoms with E-state index >= 15 is 0 Å². The van der Waals surface area contributed by atoms with Crippen LogP contribution in [0, 0.1) is 0 Å². The summed E-state index contributed by atoms with van der Waals surface area (Å²) in [7, 11) is -3.54. The molecular formula is C14H18N2O2S2. The summed E-state index contributed by atoms with van der Waals surface area (Å²) in [4.78, 5) is 4.41. The van der Waals surface area contributed by atoms with Gasteiger partial charge in [-0.05, 0) is 17.0 Å². The van der Waals surface area contributed by atoms with Crippen LogP contribution in [0.1, 0.15) is 32.0 Å². The highest BCUT2D eigenvalue weighted by atomic mass is 32.2. The quantitative estimate of drug-likeness (QED) is 0.944. The number of nitrogens with one attached hydrogen (secondary N) is 1. The Morgan fingerprint density at radius 2 is 1.95 bits per heavy atom. The molecule has 1 aromatic heterocycles. The highest BCUT2D eigenvalue weighted by Gasteiger charge is 2.25. The molecule has 0 spiro atoms. The zero-order valence-electron chi connectivity index (χ0n) is 11.8. The average molecular weight is 310 g/mol. The van der Waals surface area contributed by atoms with Gasteiger partial charge in [-0.2, -0.15) is 0 Å². The van der Waals surface area contributed by atoms with Crippen molar-refractivity contribution in [2.24, 2.45) is 0 Å². The van der Waals surface area contributed by atoms with Crippen molar-refractivity contribution in [3.05, 3.63) is 46.4 Å². The number of sulfonamides is 1. The van der Waals surface area contributed by atoms with Crippen LogP contribution in [0.5, 0.6) is 0 Å². The Morgan fingerprint density at radius 1 is 1.25 bits per heavy atom. The number of thiazole rings is 1. The van der Waals surface area contributed by atoms with Gasteiger partial charge in [0.05, 0.1) is 22.6 Å². The Morgan fingerprint density at radius 3 is 2.55 bits per heavy atom. The molecular weight excluding hydrogens is 292 g/mol. The Bertz CT molecular complexity index is 671. The van der Waals surface area contributed by atoms with Gasteiger partial charge in [0.15, 0.2) is 0 Å². The van der Waals surface area contributed by atoms with Crippen LogP contribution in [0.3, 0.4) is 0 Å². The molecule has 0 aliphatic rings. The summed E-state index contributed by atoms with van der Waals surface area (Å²) in [6, 6.07) is 7.11. The van der Waals surface area contributed by atoms with Crippen LogP contribution in [0.25, 0.3) is 0 Å². The normalized spacial score (nSPS) is 12.6. The van der Waals surface area contributed by atoms with Gasteiger partial charge in [-0.25, -0.2) is 18.1 Å². The standard InChI is InChI=1S/C14H18N2O2S2/c1-14(2,3)12-6-4-5-7-13(12)20(17,18)16-8-11-9-19-10-15-11/h4-7,9-10,16H,8H2,1-3H3.